The average molecular weight is 466 g/mol. The lowest BCUT2D eigenvalue weighted by atomic mass is 10.2. The zero-order valence-electron chi connectivity index (χ0n) is 17.4. The van der Waals surface area contributed by atoms with Crippen molar-refractivity contribution in [3.05, 3.63) is 76.4 Å². The molecule has 4 aromatic rings. The molecule has 4 heterocycles. The fourth-order valence-electron chi connectivity index (χ4n) is 3.61. The maximum Gasteiger partial charge on any atom is 0.272 e. The van der Waals surface area contributed by atoms with Crippen LogP contribution in [0.2, 0.25) is 0 Å². The van der Waals surface area contributed by atoms with Crippen molar-refractivity contribution in [2.24, 2.45) is 0 Å². The highest BCUT2D eigenvalue weighted by Crippen LogP contribution is 2.39. The van der Waals surface area contributed by atoms with E-state index in [1.54, 1.807) is 12.3 Å². The van der Waals surface area contributed by atoms with Gasteiger partial charge in [-0.05, 0) is 23.8 Å². The van der Waals surface area contributed by atoms with E-state index in [2.05, 4.69) is 20.9 Å². The van der Waals surface area contributed by atoms with E-state index in [1.165, 1.54) is 23.5 Å². The summed E-state index contributed by atoms with van der Waals surface area (Å²) in [5.74, 6) is -0.468. The van der Waals surface area contributed by atoms with Crippen molar-refractivity contribution in [2.75, 3.05) is 26.3 Å². The minimum absolute atomic E-state index is 0.0892. The molecular formula is C23H19FN4O4S. The van der Waals surface area contributed by atoms with Gasteiger partial charge in [0.1, 0.15) is 5.75 Å². The number of morpholine rings is 1. The number of rotatable bonds is 6. The van der Waals surface area contributed by atoms with Gasteiger partial charge >= 0.3 is 0 Å². The maximum absolute atomic E-state index is 14.3. The van der Waals surface area contributed by atoms with Gasteiger partial charge in [-0.3, -0.25) is 25.0 Å². The lowest BCUT2D eigenvalue weighted by Gasteiger charge is -2.26. The number of benzene rings is 1. The number of hydrogen-bond acceptors (Lipinski definition) is 8. The van der Waals surface area contributed by atoms with Gasteiger partial charge in [-0.15, -0.1) is 11.3 Å². The summed E-state index contributed by atoms with van der Waals surface area (Å²) >= 11 is 1.44. The number of ether oxygens (including phenoxy) is 2. The van der Waals surface area contributed by atoms with Gasteiger partial charge in [0.05, 0.1) is 45.0 Å². The van der Waals surface area contributed by atoms with Crippen LogP contribution < -0.4 is 4.74 Å². The van der Waals surface area contributed by atoms with Crippen LogP contribution in [0.1, 0.15) is 5.56 Å². The minimum atomic E-state index is -0.802. The highest BCUT2D eigenvalue weighted by atomic mass is 32.1. The number of pyridine rings is 2. The fraction of sp³-hybridized carbons (Fsp3) is 0.217. The summed E-state index contributed by atoms with van der Waals surface area (Å²) in [5.41, 5.74) is 2.32. The lowest BCUT2D eigenvalue weighted by molar-refractivity contribution is -0.385. The zero-order valence-corrected chi connectivity index (χ0v) is 18.3. The van der Waals surface area contributed by atoms with E-state index < -0.39 is 10.7 Å². The van der Waals surface area contributed by atoms with E-state index in [0.717, 1.165) is 59.7 Å². The molecule has 168 valence electrons. The van der Waals surface area contributed by atoms with Gasteiger partial charge in [0.25, 0.3) is 5.69 Å². The predicted octanol–water partition coefficient (Wildman–Crippen LogP) is 5.03. The van der Waals surface area contributed by atoms with Crippen molar-refractivity contribution in [2.45, 2.75) is 6.54 Å². The molecular weight excluding hydrogens is 447 g/mol. The summed E-state index contributed by atoms with van der Waals surface area (Å²) in [4.78, 5) is 22.4. The van der Waals surface area contributed by atoms with Gasteiger partial charge < -0.3 is 9.47 Å². The third-order valence-electron chi connectivity index (χ3n) is 5.31. The molecule has 1 aliphatic rings. The van der Waals surface area contributed by atoms with Crippen LogP contribution in [0.15, 0.2) is 54.9 Å². The summed E-state index contributed by atoms with van der Waals surface area (Å²) in [6.07, 6.45) is 3.46. The lowest BCUT2D eigenvalue weighted by Crippen LogP contribution is -2.35. The molecule has 1 aliphatic heterocycles. The summed E-state index contributed by atoms with van der Waals surface area (Å²) in [7, 11) is 0. The quantitative estimate of drug-likeness (QED) is 0.291. The largest absolute Gasteiger partial charge is 0.453 e. The molecule has 1 fully saturated rings. The molecule has 33 heavy (non-hydrogen) atoms. The van der Waals surface area contributed by atoms with Crippen molar-refractivity contribution < 1.29 is 18.8 Å². The SMILES string of the molecule is O=[N+]([O-])c1ccc(Oc2ccnc3cc(-c4ccc(CN5CCOCC5)cn4)sc23)c(F)c1. The van der Waals surface area contributed by atoms with Gasteiger partial charge in [0.15, 0.2) is 11.6 Å². The second-order valence-corrected chi connectivity index (χ2v) is 8.60. The molecule has 1 aromatic carbocycles. The van der Waals surface area contributed by atoms with Crippen molar-refractivity contribution >= 4 is 27.2 Å². The van der Waals surface area contributed by atoms with Gasteiger partial charge in [-0.2, -0.15) is 0 Å². The van der Waals surface area contributed by atoms with Crippen molar-refractivity contribution in [3.63, 3.8) is 0 Å². The second kappa shape index (κ2) is 9.18. The molecule has 0 radical (unpaired) electrons. The van der Waals surface area contributed by atoms with Crippen LogP contribution in [0.3, 0.4) is 0 Å². The first-order valence-electron chi connectivity index (χ1n) is 10.3. The number of aromatic nitrogens is 2. The number of nitro groups is 1. The van der Waals surface area contributed by atoms with Crippen LogP contribution in [0, 0.1) is 15.9 Å². The second-order valence-electron chi connectivity index (χ2n) is 7.55. The van der Waals surface area contributed by atoms with Crippen molar-refractivity contribution in [1.82, 2.24) is 14.9 Å². The van der Waals surface area contributed by atoms with Gasteiger partial charge in [-0.25, -0.2) is 4.39 Å². The molecule has 0 spiro atoms. The number of thiophene rings is 1. The Kier molecular flexibility index (Phi) is 5.95. The first-order chi connectivity index (χ1) is 16.1. The molecule has 0 unspecified atom stereocenters. The van der Waals surface area contributed by atoms with Crippen LogP contribution in [0.5, 0.6) is 11.5 Å². The van der Waals surface area contributed by atoms with Crippen LogP contribution in [0.25, 0.3) is 20.8 Å². The number of fused-ring (bicyclic) bond motifs is 1. The summed E-state index contributed by atoms with van der Waals surface area (Å²) in [5, 5.41) is 10.8. The Balaban J connectivity index is 1.38. The smallest absolute Gasteiger partial charge is 0.272 e. The molecule has 10 heteroatoms. The van der Waals surface area contributed by atoms with Crippen molar-refractivity contribution in [1.29, 1.82) is 0 Å². The average Bonchev–Trinajstić information content (AvgIpc) is 3.27. The third kappa shape index (κ3) is 4.68. The molecule has 0 aliphatic carbocycles. The summed E-state index contributed by atoms with van der Waals surface area (Å²) < 4.78 is 26.2. The van der Waals surface area contributed by atoms with Crippen LogP contribution in [-0.2, 0) is 11.3 Å². The molecule has 0 N–H and O–H groups in total. The first-order valence-corrected chi connectivity index (χ1v) is 11.1. The Bertz CT molecular complexity index is 1310. The maximum atomic E-state index is 14.3. The molecule has 0 atom stereocenters. The third-order valence-corrected chi connectivity index (χ3v) is 6.47. The predicted molar refractivity (Wildman–Crippen MR) is 122 cm³/mol. The standard InChI is InChI=1S/C23H19FN4O4S/c24-17-11-16(28(29)30)2-4-20(17)32-21-5-6-25-19-12-22(33-23(19)21)18-3-1-15(13-26-18)14-27-7-9-31-10-8-27/h1-6,11-13H,7-10,14H2. The van der Waals surface area contributed by atoms with Crippen LogP contribution >= 0.6 is 11.3 Å². The van der Waals surface area contributed by atoms with Crippen molar-refractivity contribution in [3.8, 4) is 22.1 Å². The number of non-ortho nitro benzene ring substituents is 1. The fourth-order valence-corrected chi connectivity index (χ4v) is 4.65. The Morgan fingerprint density at radius 3 is 2.70 bits per heavy atom. The van der Waals surface area contributed by atoms with Gasteiger partial charge in [0.2, 0.25) is 0 Å². The highest BCUT2D eigenvalue weighted by Gasteiger charge is 2.16. The minimum Gasteiger partial charge on any atom is -0.453 e. The summed E-state index contributed by atoms with van der Waals surface area (Å²) in [6, 6.07) is 10.9. The molecule has 8 nitrogen and oxygen atoms in total. The Morgan fingerprint density at radius 1 is 1.12 bits per heavy atom. The molecule has 1 saturated heterocycles. The number of hydrogen-bond donors (Lipinski definition) is 0. The Labute approximate surface area is 192 Å². The monoisotopic (exact) mass is 466 g/mol. The first kappa shape index (κ1) is 21.4. The molecule has 0 saturated carbocycles. The number of nitrogens with zero attached hydrogens (tertiary/aromatic N) is 4. The van der Waals surface area contributed by atoms with E-state index in [9.17, 15) is 14.5 Å². The molecule has 3 aromatic heterocycles. The normalized spacial score (nSPS) is 14.5. The van der Waals surface area contributed by atoms with Gasteiger partial charge in [-0.1, -0.05) is 6.07 Å². The summed E-state index contributed by atoms with van der Waals surface area (Å²) in [6.45, 7) is 4.19. The topological polar surface area (TPSA) is 90.6 Å². The molecule has 5 rings (SSSR count). The molecule has 0 amide bonds. The number of nitro benzene ring substituents is 1. The molecule has 0 bridgehead atoms. The van der Waals surface area contributed by atoms with E-state index in [-0.39, 0.29) is 11.4 Å². The Hall–Kier alpha value is -3.47. The van der Waals surface area contributed by atoms with Crippen LogP contribution in [0.4, 0.5) is 10.1 Å². The zero-order chi connectivity index (χ0) is 22.8. The van der Waals surface area contributed by atoms with Crippen LogP contribution in [-0.4, -0.2) is 46.1 Å². The van der Waals surface area contributed by atoms with E-state index in [0.29, 0.717) is 11.3 Å². The number of halogens is 1. The van der Waals surface area contributed by atoms with E-state index in [1.807, 2.05) is 18.3 Å². The van der Waals surface area contributed by atoms with E-state index in [4.69, 9.17) is 9.47 Å². The van der Waals surface area contributed by atoms with Gasteiger partial charge in [0, 0.05) is 44.2 Å². The van der Waals surface area contributed by atoms with E-state index >= 15 is 0 Å². The highest BCUT2D eigenvalue weighted by molar-refractivity contribution is 7.22. The Morgan fingerprint density at radius 2 is 1.97 bits per heavy atom.